The third-order valence-corrected chi connectivity index (χ3v) is 6.14. The van der Waals surface area contributed by atoms with Gasteiger partial charge in [0.15, 0.2) is 0 Å². The SMILES string of the molecule is CCN(C)S(=O)(=O)N1CCC[C@H]1c1cccc(Br)c1. The van der Waals surface area contributed by atoms with Crippen LogP contribution in [0.2, 0.25) is 0 Å². The smallest absolute Gasteiger partial charge is 0.195 e. The topological polar surface area (TPSA) is 40.6 Å². The number of hydrogen-bond acceptors (Lipinski definition) is 2. The Kier molecular flexibility index (Phi) is 4.66. The van der Waals surface area contributed by atoms with Crippen molar-refractivity contribution in [3.63, 3.8) is 0 Å². The zero-order chi connectivity index (χ0) is 14.0. The minimum atomic E-state index is -3.35. The molecule has 1 saturated heterocycles. The highest BCUT2D eigenvalue weighted by Gasteiger charge is 2.36. The average Bonchev–Trinajstić information content (AvgIpc) is 2.87. The quantitative estimate of drug-likeness (QED) is 0.840. The molecule has 0 unspecified atom stereocenters. The molecule has 0 spiro atoms. The number of rotatable bonds is 4. The van der Waals surface area contributed by atoms with Crippen LogP contribution in [0.5, 0.6) is 0 Å². The second kappa shape index (κ2) is 5.91. The molecule has 6 heteroatoms. The Morgan fingerprint density at radius 1 is 1.47 bits per heavy atom. The summed E-state index contributed by atoms with van der Waals surface area (Å²) in [6.45, 7) is 2.94. The summed E-state index contributed by atoms with van der Waals surface area (Å²) in [7, 11) is -1.72. The first kappa shape index (κ1) is 15.0. The van der Waals surface area contributed by atoms with Gasteiger partial charge in [-0.15, -0.1) is 0 Å². The summed E-state index contributed by atoms with van der Waals surface area (Å²) in [5.74, 6) is 0. The molecule has 1 heterocycles. The average molecular weight is 347 g/mol. The van der Waals surface area contributed by atoms with Crippen molar-refractivity contribution >= 4 is 26.1 Å². The van der Waals surface area contributed by atoms with Gasteiger partial charge in [-0.05, 0) is 30.5 Å². The van der Waals surface area contributed by atoms with Crippen LogP contribution < -0.4 is 0 Å². The lowest BCUT2D eigenvalue weighted by Crippen LogP contribution is -2.41. The fourth-order valence-electron chi connectivity index (χ4n) is 2.41. The molecule has 1 aliphatic heterocycles. The Morgan fingerprint density at radius 3 is 2.84 bits per heavy atom. The molecule has 0 N–H and O–H groups in total. The highest BCUT2D eigenvalue weighted by molar-refractivity contribution is 9.10. The molecule has 1 aromatic carbocycles. The lowest BCUT2D eigenvalue weighted by atomic mass is 10.1. The summed E-state index contributed by atoms with van der Waals surface area (Å²) < 4.78 is 29.0. The van der Waals surface area contributed by atoms with Crippen molar-refractivity contribution in [1.82, 2.24) is 8.61 Å². The van der Waals surface area contributed by atoms with E-state index in [1.54, 1.807) is 11.4 Å². The number of benzene rings is 1. The summed E-state index contributed by atoms with van der Waals surface area (Å²) in [6.07, 6.45) is 1.79. The van der Waals surface area contributed by atoms with E-state index in [4.69, 9.17) is 0 Å². The van der Waals surface area contributed by atoms with Gasteiger partial charge in [-0.3, -0.25) is 0 Å². The zero-order valence-corrected chi connectivity index (χ0v) is 13.6. The van der Waals surface area contributed by atoms with Gasteiger partial charge in [0.1, 0.15) is 0 Å². The highest BCUT2D eigenvalue weighted by Crippen LogP contribution is 2.35. The third kappa shape index (κ3) is 3.02. The minimum Gasteiger partial charge on any atom is -0.195 e. The van der Waals surface area contributed by atoms with Crippen molar-refractivity contribution in [3.05, 3.63) is 34.3 Å². The summed E-state index contributed by atoms with van der Waals surface area (Å²) >= 11 is 3.44. The van der Waals surface area contributed by atoms with E-state index < -0.39 is 10.2 Å². The predicted octanol–water partition coefficient (Wildman–Crippen LogP) is 2.78. The molecule has 1 atom stereocenters. The molecule has 0 radical (unpaired) electrons. The van der Waals surface area contributed by atoms with Crippen LogP contribution in [0, 0.1) is 0 Å². The first-order valence-electron chi connectivity index (χ1n) is 6.45. The van der Waals surface area contributed by atoms with Gasteiger partial charge in [0.05, 0.1) is 6.04 Å². The maximum Gasteiger partial charge on any atom is 0.282 e. The normalized spacial score (nSPS) is 21.2. The molecule has 0 aromatic heterocycles. The first-order chi connectivity index (χ1) is 8.96. The van der Waals surface area contributed by atoms with E-state index in [1.807, 2.05) is 31.2 Å². The van der Waals surface area contributed by atoms with Gasteiger partial charge in [0.2, 0.25) is 0 Å². The fourth-order valence-corrected chi connectivity index (χ4v) is 4.42. The van der Waals surface area contributed by atoms with Gasteiger partial charge in [0, 0.05) is 24.6 Å². The van der Waals surface area contributed by atoms with Gasteiger partial charge in [-0.1, -0.05) is 35.0 Å². The van der Waals surface area contributed by atoms with E-state index >= 15 is 0 Å². The molecule has 2 rings (SSSR count). The van der Waals surface area contributed by atoms with Crippen LogP contribution in [0.3, 0.4) is 0 Å². The van der Waals surface area contributed by atoms with Crippen LogP contribution in [0.4, 0.5) is 0 Å². The van der Waals surface area contributed by atoms with Crippen LogP contribution in [0.15, 0.2) is 28.7 Å². The van der Waals surface area contributed by atoms with Gasteiger partial charge in [-0.2, -0.15) is 17.0 Å². The fraction of sp³-hybridized carbons (Fsp3) is 0.538. The molecule has 19 heavy (non-hydrogen) atoms. The third-order valence-electron chi connectivity index (χ3n) is 3.57. The molecular weight excluding hydrogens is 328 g/mol. The van der Waals surface area contributed by atoms with Gasteiger partial charge in [0.25, 0.3) is 10.2 Å². The van der Waals surface area contributed by atoms with Gasteiger partial charge >= 0.3 is 0 Å². The number of nitrogens with zero attached hydrogens (tertiary/aromatic N) is 2. The molecule has 0 saturated carbocycles. The molecule has 1 aliphatic rings. The molecule has 0 aliphatic carbocycles. The molecule has 0 amide bonds. The Balaban J connectivity index is 2.32. The highest BCUT2D eigenvalue weighted by atomic mass is 79.9. The molecule has 1 aromatic rings. The Labute approximate surface area is 123 Å². The van der Waals surface area contributed by atoms with Crippen molar-refractivity contribution in [2.75, 3.05) is 20.1 Å². The largest absolute Gasteiger partial charge is 0.282 e. The van der Waals surface area contributed by atoms with E-state index in [2.05, 4.69) is 15.9 Å². The summed E-state index contributed by atoms with van der Waals surface area (Å²) in [5.41, 5.74) is 1.06. The van der Waals surface area contributed by atoms with E-state index in [9.17, 15) is 8.42 Å². The second-order valence-corrected chi connectivity index (χ2v) is 7.65. The molecule has 4 nitrogen and oxygen atoms in total. The first-order valence-corrected chi connectivity index (χ1v) is 8.64. The predicted molar refractivity (Wildman–Crippen MR) is 80.0 cm³/mol. The van der Waals surface area contributed by atoms with Crippen LogP contribution >= 0.6 is 15.9 Å². The summed E-state index contributed by atoms with van der Waals surface area (Å²) in [5, 5.41) is 0. The van der Waals surface area contributed by atoms with Crippen molar-refractivity contribution in [1.29, 1.82) is 0 Å². The van der Waals surface area contributed by atoms with Crippen LogP contribution in [0.25, 0.3) is 0 Å². The zero-order valence-electron chi connectivity index (χ0n) is 11.2. The molecule has 0 bridgehead atoms. The van der Waals surface area contributed by atoms with E-state index in [0.29, 0.717) is 13.1 Å². The van der Waals surface area contributed by atoms with Gasteiger partial charge < -0.3 is 0 Å². The van der Waals surface area contributed by atoms with Crippen LogP contribution in [-0.2, 0) is 10.2 Å². The molecule has 106 valence electrons. The standard InChI is InChI=1S/C13H19BrN2O2S/c1-3-15(2)19(17,18)16-9-5-8-13(16)11-6-4-7-12(14)10-11/h4,6-7,10,13H,3,5,8-9H2,1-2H3/t13-/m0/s1. The maximum atomic E-state index is 12.5. The van der Waals surface area contributed by atoms with Crippen LogP contribution in [-0.4, -0.2) is 37.2 Å². The Morgan fingerprint density at radius 2 is 2.21 bits per heavy atom. The van der Waals surface area contributed by atoms with E-state index in [-0.39, 0.29) is 6.04 Å². The van der Waals surface area contributed by atoms with Crippen molar-refractivity contribution in [2.45, 2.75) is 25.8 Å². The lowest BCUT2D eigenvalue weighted by Gasteiger charge is -2.28. The minimum absolute atomic E-state index is 0.0449. The van der Waals surface area contributed by atoms with E-state index in [1.165, 1.54) is 4.31 Å². The Hall–Kier alpha value is -0.430. The number of hydrogen-bond donors (Lipinski definition) is 0. The summed E-state index contributed by atoms with van der Waals surface area (Å²) in [4.78, 5) is 0. The van der Waals surface area contributed by atoms with Crippen LogP contribution in [0.1, 0.15) is 31.4 Å². The van der Waals surface area contributed by atoms with Crippen molar-refractivity contribution < 1.29 is 8.42 Å². The van der Waals surface area contributed by atoms with Crippen molar-refractivity contribution in [3.8, 4) is 0 Å². The Bertz CT molecular complexity index is 547. The lowest BCUT2D eigenvalue weighted by molar-refractivity contribution is 0.352. The van der Waals surface area contributed by atoms with Crippen molar-refractivity contribution in [2.24, 2.45) is 0 Å². The second-order valence-electron chi connectivity index (χ2n) is 4.75. The van der Waals surface area contributed by atoms with E-state index in [0.717, 1.165) is 22.9 Å². The van der Waals surface area contributed by atoms with Gasteiger partial charge in [-0.25, -0.2) is 0 Å². The maximum absolute atomic E-state index is 12.5. The summed E-state index contributed by atoms with van der Waals surface area (Å²) in [6, 6.07) is 7.86. The molecule has 1 fully saturated rings. The number of halogens is 1. The molecular formula is C13H19BrN2O2S. The monoisotopic (exact) mass is 346 g/mol.